The number of hydrogen-bond donors (Lipinski definition) is 1. The predicted molar refractivity (Wildman–Crippen MR) is 75.3 cm³/mol. The first-order valence-corrected chi connectivity index (χ1v) is 6.42. The fraction of sp³-hybridized carbons (Fsp3) is 0.286. The van der Waals surface area contributed by atoms with Gasteiger partial charge in [-0.05, 0) is 19.1 Å². The molecule has 1 amide bonds. The summed E-state index contributed by atoms with van der Waals surface area (Å²) in [6.07, 6.45) is -1.33. The fourth-order valence-corrected chi connectivity index (χ4v) is 2.28. The molecule has 1 heterocycles. The number of benzene rings is 1. The normalized spacial score (nSPS) is 20.4. The fourth-order valence-electron chi connectivity index (χ4n) is 2.28. The largest absolute Gasteiger partial charge is 0.451 e. The molecular weight excluding hydrogens is 308 g/mol. The number of amides is 1. The van der Waals surface area contributed by atoms with Crippen LogP contribution in [-0.4, -0.2) is 53.6 Å². The standard InChI is InChI=1S/C14H14N2O7/c1-8(15-22-3)14(16(20)13(19)21-2)11(17)9-6-4-5-7-10(9)23-12(14)18/h4-7,20H,1-3H3. The van der Waals surface area contributed by atoms with Crippen LogP contribution in [0.4, 0.5) is 4.79 Å². The highest BCUT2D eigenvalue weighted by Gasteiger charge is 2.61. The van der Waals surface area contributed by atoms with Crippen LogP contribution in [0.1, 0.15) is 17.3 Å². The molecule has 2 rings (SSSR count). The molecular formula is C14H14N2O7. The first-order valence-electron chi connectivity index (χ1n) is 6.42. The highest BCUT2D eigenvalue weighted by Crippen LogP contribution is 2.34. The molecule has 1 aliphatic heterocycles. The molecule has 1 atom stereocenters. The maximum absolute atomic E-state index is 12.9. The second kappa shape index (κ2) is 6.05. The van der Waals surface area contributed by atoms with Crippen molar-refractivity contribution in [3.8, 4) is 5.75 Å². The Morgan fingerprint density at radius 2 is 1.96 bits per heavy atom. The summed E-state index contributed by atoms with van der Waals surface area (Å²) in [5, 5.41) is 13.5. The smallest absolute Gasteiger partial charge is 0.435 e. The van der Waals surface area contributed by atoms with Crippen LogP contribution in [0.3, 0.4) is 0 Å². The van der Waals surface area contributed by atoms with Crippen LogP contribution >= 0.6 is 0 Å². The summed E-state index contributed by atoms with van der Waals surface area (Å²) in [5.41, 5.74) is -2.82. The number of methoxy groups -OCH3 is 1. The average molecular weight is 322 g/mol. The van der Waals surface area contributed by atoms with E-state index < -0.39 is 23.4 Å². The molecule has 0 fully saturated rings. The average Bonchev–Trinajstić information content (AvgIpc) is 2.54. The van der Waals surface area contributed by atoms with Crippen LogP contribution in [0.15, 0.2) is 29.4 Å². The molecule has 122 valence electrons. The molecule has 9 nitrogen and oxygen atoms in total. The van der Waals surface area contributed by atoms with Crippen molar-refractivity contribution < 1.29 is 33.9 Å². The number of ketones is 1. The topological polar surface area (TPSA) is 115 Å². The van der Waals surface area contributed by atoms with Gasteiger partial charge in [0.05, 0.1) is 12.7 Å². The van der Waals surface area contributed by atoms with Gasteiger partial charge in [0.15, 0.2) is 0 Å². The van der Waals surface area contributed by atoms with E-state index in [0.717, 1.165) is 7.11 Å². The van der Waals surface area contributed by atoms with Gasteiger partial charge in [0.2, 0.25) is 5.78 Å². The second-order valence-electron chi connectivity index (χ2n) is 4.57. The second-order valence-corrected chi connectivity index (χ2v) is 4.57. The summed E-state index contributed by atoms with van der Waals surface area (Å²) in [6, 6.07) is 5.92. The van der Waals surface area contributed by atoms with Gasteiger partial charge in [-0.25, -0.2) is 9.59 Å². The number of fused-ring (bicyclic) bond motifs is 1. The molecule has 0 radical (unpaired) electrons. The molecule has 1 unspecified atom stereocenters. The van der Waals surface area contributed by atoms with E-state index in [4.69, 9.17) is 4.74 Å². The Kier molecular flexibility index (Phi) is 4.32. The number of nitrogens with zero attached hydrogens (tertiary/aromatic N) is 2. The van der Waals surface area contributed by atoms with Gasteiger partial charge in [-0.1, -0.05) is 17.3 Å². The summed E-state index contributed by atoms with van der Waals surface area (Å²) in [6.45, 7) is 1.24. The Labute approximate surface area is 131 Å². The van der Waals surface area contributed by atoms with E-state index in [0.29, 0.717) is 0 Å². The van der Waals surface area contributed by atoms with Gasteiger partial charge in [0.1, 0.15) is 18.6 Å². The SMILES string of the molecule is CON=C(C)C1(N(O)C(=O)OC)C(=O)Oc2ccccc2C1=O. The van der Waals surface area contributed by atoms with E-state index in [1.54, 1.807) is 12.1 Å². The molecule has 1 aliphatic rings. The van der Waals surface area contributed by atoms with E-state index in [9.17, 15) is 19.6 Å². The number of esters is 1. The van der Waals surface area contributed by atoms with Crippen LogP contribution in [0.2, 0.25) is 0 Å². The van der Waals surface area contributed by atoms with Crippen LogP contribution in [0, 0.1) is 0 Å². The lowest BCUT2D eigenvalue weighted by molar-refractivity contribution is -0.162. The van der Waals surface area contributed by atoms with E-state index in [2.05, 4.69) is 14.7 Å². The number of carbonyl (C=O) groups excluding carboxylic acids is 3. The number of para-hydroxylation sites is 1. The molecule has 0 bridgehead atoms. The number of Topliss-reactive ketones (excluding diaryl/α,β-unsaturated/α-hetero) is 1. The minimum atomic E-state index is -2.53. The molecule has 23 heavy (non-hydrogen) atoms. The number of carbonyl (C=O) groups is 3. The van der Waals surface area contributed by atoms with Crippen molar-refractivity contribution in [1.29, 1.82) is 0 Å². The van der Waals surface area contributed by atoms with Crippen LogP contribution in [0.5, 0.6) is 5.75 Å². The van der Waals surface area contributed by atoms with Gasteiger partial charge >= 0.3 is 12.1 Å². The minimum absolute atomic E-state index is 0.000654. The summed E-state index contributed by atoms with van der Waals surface area (Å²) in [4.78, 5) is 41.7. The zero-order valence-corrected chi connectivity index (χ0v) is 12.6. The third-order valence-corrected chi connectivity index (χ3v) is 3.38. The van der Waals surface area contributed by atoms with Crippen molar-refractivity contribution in [2.45, 2.75) is 12.5 Å². The maximum atomic E-state index is 12.9. The van der Waals surface area contributed by atoms with Gasteiger partial charge in [0, 0.05) is 0 Å². The predicted octanol–water partition coefficient (Wildman–Crippen LogP) is 1.01. The van der Waals surface area contributed by atoms with Gasteiger partial charge in [0.25, 0.3) is 5.54 Å². The van der Waals surface area contributed by atoms with Gasteiger partial charge in [-0.3, -0.25) is 10.0 Å². The third-order valence-electron chi connectivity index (χ3n) is 3.38. The molecule has 1 aromatic rings. The first kappa shape index (κ1) is 16.4. The molecule has 1 N–H and O–H groups in total. The summed E-state index contributed by atoms with van der Waals surface area (Å²) in [7, 11) is 2.16. The van der Waals surface area contributed by atoms with Crippen molar-refractivity contribution in [2.24, 2.45) is 5.16 Å². The monoisotopic (exact) mass is 322 g/mol. The Bertz CT molecular complexity index is 700. The highest BCUT2D eigenvalue weighted by molar-refractivity contribution is 6.35. The summed E-state index contributed by atoms with van der Waals surface area (Å²) >= 11 is 0. The Morgan fingerprint density at radius 3 is 2.57 bits per heavy atom. The molecule has 1 aromatic carbocycles. The first-order chi connectivity index (χ1) is 10.9. The zero-order valence-electron chi connectivity index (χ0n) is 12.6. The van der Waals surface area contributed by atoms with Gasteiger partial charge in [-0.15, -0.1) is 0 Å². The number of rotatable bonds is 3. The lowest BCUT2D eigenvalue weighted by Gasteiger charge is -2.37. The van der Waals surface area contributed by atoms with Crippen molar-refractivity contribution in [1.82, 2.24) is 5.06 Å². The molecule has 0 saturated carbocycles. The third kappa shape index (κ3) is 2.30. The van der Waals surface area contributed by atoms with Crippen LogP contribution in [-0.2, 0) is 14.4 Å². The van der Waals surface area contributed by atoms with E-state index in [1.807, 2.05) is 0 Å². The van der Waals surface area contributed by atoms with E-state index in [1.165, 1.54) is 26.2 Å². The Morgan fingerprint density at radius 1 is 1.30 bits per heavy atom. The number of hydrogen-bond acceptors (Lipinski definition) is 8. The molecule has 0 aromatic heterocycles. The van der Waals surface area contributed by atoms with Crippen molar-refractivity contribution >= 4 is 23.6 Å². The minimum Gasteiger partial charge on any atom is -0.451 e. The van der Waals surface area contributed by atoms with E-state index >= 15 is 0 Å². The molecule has 0 spiro atoms. The Balaban J connectivity index is 2.72. The summed E-state index contributed by atoms with van der Waals surface area (Å²) in [5.74, 6) is -2.08. The van der Waals surface area contributed by atoms with E-state index in [-0.39, 0.29) is 22.1 Å². The molecule has 0 saturated heterocycles. The quantitative estimate of drug-likeness (QED) is 0.220. The van der Waals surface area contributed by atoms with Crippen molar-refractivity contribution in [3.05, 3.63) is 29.8 Å². The maximum Gasteiger partial charge on any atom is 0.435 e. The lowest BCUT2D eigenvalue weighted by atomic mass is 9.82. The molecule has 9 heteroatoms. The van der Waals surface area contributed by atoms with Crippen LogP contribution < -0.4 is 4.74 Å². The molecule has 0 aliphatic carbocycles. The van der Waals surface area contributed by atoms with Crippen LogP contribution in [0.25, 0.3) is 0 Å². The highest BCUT2D eigenvalue weighted by atomic mass is 16.6. The van der Waals surface area contributed by atoms with Crippen molar-refractivity contribution in [2.75, 3.05) is 14.2 Å². The van der Waals surface area contributed by atoms with Gasteiger partial charge < -0.3 is 14.3 Å². The van der Waals surface area contributed by atoms with Crippen molar-refractivity contribution in [3.63, 3.8) is 0 Å². The Hall–Kier alpha value is -2.94. The number of oxime groups is 1. The number of hydroxylamine groups is 2. The van der Waals surface area contributed by atoms with Gasteiger partial charge in [-0.2, -0.15) is 5.06 Å². The number of ether oxygens (including phenoxy) is 2. The summed E-state index contributed by atoms with van der Waals surface area (Å²) < 4.78 is 9.48. The lowest BCUT2D eigenvalue weighted by Crippen LogP contribution is -2.68. The zero-order chi connectivity index (χ0) is 17.2.